The van der Waals surface area contributed by atoms with Crippen molar-refractivity contribution in [1.29, 1.82) is 0 Å². The predicted molar refractivity (Wildman–Crippen MR) is 80.1 cm³/mol. The zero-order chi connectivity index (χ0) is 13.5. The predicted octanol–water partition coefficient (Wildman–Crippen LogP) is 5.85. The maximum atomic E-state index is 6.17. The van der Waals surface area contributed by atoms with Crippen LogP contribution in [0.25, 0.3) is 0 Å². The van der Waals surface area contributed by atoms with E-state index < -0.39 is 0 Å². The van der Waals surface area contributed by atoms with Crippen LogP contribution in [-0.4, -0.2) is 7.11 Å². The third-order valence-electron chi connectivity index (χ3n) is 3.00. The van der Waals surface area contributed by atoms with Gasteiger partial charge in [-0.15, -0.1) is 0 Å². The van der Waals surface area contributed by atoms with Gasteiger partial charge in [-0.1, -0.05) is 49.2 Å². The van der Waals surface area contributed by atoms with E-state index in [1.54, 1.807) is 13.2 Å². The second-order valence-electron chi connectivity index (χ2n) is 4.23. The number of ether oxygens (including phenoxy) is 1. The highest BCUT2D eigenvalue weighted by Gasteiger charge is 2.17. The molecule has 0 N–H and O–H groups in total. The number of rotatable bonds is 6. The molecule has 1 nitrogen and oxygen atoms in total. The smallest absolute Gasteiger partial charge is 0.141 e. The van der Waals surface area contributed by atoms with Crippen LogP contribution in [0, 0.1) is 0 Å². The van der Waals surface area contributed by atoms with Crippen LogP contribution in [-0.2, 0) is 0 Å². The van der Waals surface area contributed by atoms with E-state index in [0.29, 0.717) is 16.0 Å². The molecular weight excluding hydrogens is 267 g/mol. The Bertz CT molecular complexity index is 413. The first-order valence-corrected chi connectivity index (χ1v) is 7.07. The van der Waals surface area contributed by atoms with Gasteiger partial charge < -0.3 is 4.74 Å². The van der Waals surface area contributed by atoms with Gasteiger partial charge >= 0.3 is 0 Å². The van der Waals surface area contributed by atoms with Crippen molar-refractivity contribution in [2.24, 2.45) is 0 Å². The maximum absolute atomic E-state index is 6.17. The van der Waals surface area contributed by atoms with Crippen molar-refractivity contribution in [3.63, 3.8) is 0 Å². The fourth-order valence-corrected chi connectivity index (χ4v) is 2.63. The van der Waals surface area contributed by atoms with Gasteiger partial charge in [-0.3, -0.25) is 0 Å². The lowest BCUT2D eigenvalue weighted by atomic mass is 9.92. The van der Waals surface area contributed by atoms with Gasteiger partial charge in [0, 0.05) is 10.6 Å². The number of methoxy groups -OCH3 is 1. The lowest BCUT2D eigenvalue weighted by Crippen LogP contribution is -2.00. The number of hydrogen-bond donors (Lipinski definition) is 0. The number of halogens is 2. The van der Waals surface area contributed by atoms with Crippen LogP contribution in [0.4, 0.5) is 0 Å². The van der Waals surface area contributed by atoms with Gasteiger partial charge in [-0.2, -0.15) is 0 Å². The molecule has 0 amide bonds. The van der Waals surface area contributed by atoms with Gasteiger partial charge in [-0.05, 0) is 37.3 Å². The summed E-state index contributed by atoms with van der Waals surface area (Å²) < 4.78 is 5.41. The molecule has 0 heterocycles. The minimum Gasteiger partial charge on any atom is -0.495 e. The molecule has 1 rings (SSSR count). The summed E-state index contributed by atoms with van der Waals surface area (Å²) in [6, 6.07) is 3.68. The van der Waals surface area contributed by atoms with Crippen LogP contribution in [0.3, 0.4) is 0 Å². The Morgan fingerprint density at radius 1 is 1.22 bits per heavy atom. The number of hydrogen-bond acceptors (Lipinski definition) is 1. The standard InChI is InChI=1S/C15H20Cl2O/c1-4-6-7-8-11(5-2)13-9-12(16)10-14(17)15(13)18-3/h6-7,9-11H,4-5,8H2,1-3H3/b7-6-. The molecule has 0 aliphatic rings. The maximum Gasteiger partial charge on any atom is 0.141 e. The molecule has 0 saturated heterocycles. The Hall–Kier alpha value is -0.660. The van der Waals surface area contributed by atoms with E-state index in [1.807, 2.05) is 6.07 Å². The van der Waals surface area contributed by atoms with E-state index in [1.165, 1.54) is 0 Å². The Balaban J connectivity index is 3.07. The Kier molecular flexibility index (Phi) is 6.59. The molecule has 0 bridgehead atoms. The van der Waals surface area contributed by atoms with Gasteiger partial charge in [-0.25, -0.2) is 0 Å². The molecule has 1 unspecified atom stereocenters. The van der Waals surface area contributed by atoms with Crippen LogP contribution in [0.1, 0.15) is 44.6 Å². The van der Waals surface area contributed by atoms with Gasteiger partial charge in [0.15, 0.2) is 0 Å². The molecule has 0 spiro atoms. The minimum absolute atomic E-state index is 0.388. The van der Waals surface area contributed by atoms with Crippen molar-refractivity contribution in [3.8, 4) is 5.75 Å². The summed E-state index contributed by atoms with van der Waals surface area (Å²) in [5.74, 6) is 1.14. The summed E-state index contributed by atoms with van der Waals surface area (Å²) in [6.45, 7) is 4.30. The molecule has 0 aliphatic carbocycles. The third kappa shape index (κ3) is 3.93. The largest absolute Gasteiger partial charge is 0.495 e. The van der Waals surface area contributed by atoms with Gasteiger partial charge in [0.1, 0.15) is 5.75 Å². The topological polar surface area (TPSA) is 9.23 Å². The van der Waals surface area contributed by atoms with E-state index in [0.717, 1.165) is 30.6 Å². The van der Waals surface area contributed by atoms with Crippen molar-refractivity contribution >= 4 is 23.2 Å². The molecule has 100 valence electrons. The highest BCUT2D eigenvalue weighted by molar-refractivity contribution is 6.35. The third-order valence-corrected chi connectivity index (χ3v) is 3.50. The number of allylic oxidation sites excluding steroid dienone is 2. The molecule has 0 aliphatic heterocycles. The Labute approximate surface area is 120 Å². The van der Waals surface area contributed by atoms with Crippen molar-refractivity contribution < 1.29 is 4.74 Å². The van der Waals surface area contributed by atoms with Crippen molar-refractivity contribution in [2.75, 3.05) is 7.11 Å². The SMILES string of the molecule is CC/C=C\CC(CC)c1cc(Cl)cc(Cl)c1OC. The molecule has 0 aromatic heterocycles. The van der Waals surface area contributed by atoms with Gasteiger partial charge in [0.05, 0.1) is 12.1 Å². The average Bonchev–Trinajstić information content (AvgIpc) is 2.34. The normalized spacial score (nSPS) is 12.9. The van der Waals surface area contributed by atoms with Crippen LogP contribution >= 0.6 is 23.2 Å². The molecular formula is C15H20Cl2O. The molecule has 3 heteroatoms. The van der Waals surface area contributed by atoms with Gasteiger partial charge in [0.2, 0.25) is 0 Å². The highest BCUT2D eigenvalue weighted by Crippen LogP contribution is 2.39. The van der Waals surface area contributed by atoms with Crippen LogP contribution < -0.4 is 4.74 Å². The second kappa shape index (κ2) is 7.70. The minimum atomic E-state index is 0.388. The summed E-state index contributed by atoms with van der Waals surface area (Å²) in [5.41, 5.74) is 1.10. The van der Waals surface area contributed by atoms with Crippen molar-refractivity contribution in [1.82, 2.24) is 0 Å². The summed E-state index contributed by atoms with van der Waals surface area (Å²) >= 11 is 12.3. The number of benzene rings is 1. The lowest BCUT2D eigenvalue weighted by Gasteiger charge is -2.18. The van der Waals surface area contributed by atoms with E-state index in [9.17, 15) is 0 Å². The van der Waals surface area contributed by atoms with E-state index in [2.05, 4.69) is 26.0 Å². The van der Waals surface area contributed by atoms with Crippen LogP contribution in [0.15, 0.2) is 24.3 Å². The Morgan fingerprint density at radius 2 is 1.94 bits per heavy atom. The summed E-state index contributed by atoms with van der Waals surface area (Å²) in [4.78, 5) is 0. The fraction of sp³-hybridized carbons (Fsp3) is 0.467. The summed E-state index contributed by atoms with van der Waals surface area (Å²) in [6.07, 6.45) is 7.46. The van der Waals surface area contributed by atoms with E-state index >= 15 is 0 Å². The first-order chi connectivity index (χ1) is 8.63. The first kappa shape index (κ1) is 15.4. The van der Waals surface area contributed by atoms with E-state index in [4.69, 9.17) is 27.9 Å². The van der Waals surface area contributed by atoms with Crippen LogP contribution in [0.2, 0.25) is 10.0 Å². The summed E-state index contributed by atoms with van der Waals surface area (Å²) in [5, 5.41) is 1.24. The zero-order valence-corrected chi connectivity index (χ0v) is 12.7. The van der Waals surface area contributed by atoms with Crippen molar-refractivity contribution in [2.45, 2.75) is 39.0 Å². The fourth-order valence-electron chi connectivity index (χ4n) is 2.04. The van der Waals surface area contributed by atoms with Gasteiger partial charge in [0.25, 0.3) is 0 Å². The van der Waals surface area contributed by atoms with E-state index in [-0.39, 0.29) is 0 Å². The highest BCUT2D eigenvalue weighted by atomic mass is 35.5. The average molecular weight is 287 g/mol. The quantitative estimate of drug-likeness (QED) is 0.596. The molecule has 1 aromatic carbocycles. The lowest BCUT2D eigenvalue weighted by molar-refractivity contribution is 0.404. The van der Waals surface area contributed by atoms with Crippen molar-refractivity contribution in [3.05, 3.63) is 39.9 Å². The molecule has 0 radical (unpaired) electrons. The molecule has 1 aromatic rings. The summed E-state index contributed by atoms with van der Waals surface area (Å²) in [7, 11) is 1.65. The molecule has 18 heavy (non-hydrogen) atoms. The monoisotopic (exact) mass is 286 g/mol. The van der Waals surface area contributed by atoms with Crippen LogP contribution in [0.5, 0.6) is 5.75 Å². The second-order valence-corrected chi connectivity index (χ2v) is 5.07. The zero-order valence-electron chi connectivity index (χ0n) is 11.2. The molecule has 0 saturated carbocycles. The first-order valence-electron chi connectivity index (χ1n) is 6.31. The molecule has 1 atom stereocenters. The molecule has 0 fully saturated rings. The Morgan fingerprint density at radius 3 is 2.50 bits per heavy atom.